The summed E-state index contributed by atoms with van der Waals surface area (Å²) >= 11 is 0. The van der Waals surface area contributed by atoms with Gasteiger partial charge >= 0.3 is 12.0 Å². The van der Waals surface area contributed by atoms with Gasteiger partial charge < -0.3 is 34.7 Å². The van der Waals surface area contributed by atoms with E-state index in [9.17, 15) is 24.8 Å². The fourth-order valence-electron chi connectivity index (χ4n) is 5.22. The van der Waals surface area contributed by atoms with Crippen LogP contribution in [0.5, 0.6) is 17.2 Å². The third-order valence-corrected chi connectivity index (χ3v) is 7.56. The van der Waals surface area contributed by atoms with Crippen molar-refractivity contribution in [1.82, 2.24) is 16.1 Å². The van der Waals surface area contributed by atoms with Crippen LogP contribution in [0, 0.1) is 10.1 Å². The van der Waals surface area contributed by atoms with E-state index in [1.54, 1.807) is 50.4 Å². The zero-order chi connectivity index (χ0) is 34.9. The molecule has 14 heteroatoms. The maximum absolute atomic E-state index is 12.5. The molecule has 4 N–H and O–H groups in total. The summed E-state index contributed by atoms with van der Waals surface area (Å²) in [4.78, 5) is 35.2. The number of allylic oxidation sites excluding steroid dienone is 1. The van der Waals surface area contributed by atoms with Crippen molar-refractivity contribution in [2.75, 3.05) is 20.3 Å². The van der Waals surface area contributed by atoms with Gasteiger partial charge in [0.15, 0.2) is 17.7 Å². The maximum Gasteiger partial charge on any atom is 0.337 e. The van der Waals surface area contributed by atoms with Crippen LogP contribution in [0.15, 0.2) is 95.2 Å². The number of methoxy groups -OCH3 is 1. The largest absolute Gasteiger partial charge is 0.490 e. The van der Waals surface area contributed by atoms with Crippen LogP contribution in [0.1, 0.15) is 36.6 Å². The van der Waals surface area contributed by atoms with Crippen LogP contribution in [0.3, 0.4) is 0 Å². The van der Waals surface area contributed by atoms with Gasteiger partial charge in [-0.3, -0.25) is 15.5 Å². The molecule has 0 aromatic heterocycles. The van der Waals surface area contributed by atoms with Crippen molar-refractivity contribution >= 4 is 34.7 Å². The number of rotatable bonds is 14. The molecular formula is C35H35N5O9. The zero-order valence-corrected chi connectivity index (χ0v) is 27.0. The summed E-state index contributed by atoms with van der Waals surface area (Å²) in [5.74, 6) is 0.609. The molecule has 1 aliphatic rings. The lowest BCUT2D eigenvalue weighted by Crippen LogP contribution is -2.45. The van der Waals surface area contributed by atoms with E-state index in [1.807, 2.05) is 36.4 Å². The molecule has 2 atom stereocenters. The molecule has 4 aromatic rings. The van der Waals surface area contributed by atoms with Crippen LogP contribution in [0.25, 0.3) is 10.8 Å². The highest BCUT2D eigenvalue weighted by Gasteiger charge is 2.32. The molecule has 254 valence electrons. The van der Waals surface area contributed by atoms with Crippen molar-refractivity contribution in [1.29, 1.82) is 0 Å². The SMILES string of the molecule is CCOc1cc([C@@H]2NC(=O)NC(C)=C2C(=O)OC)ccc1OC[C@@H](O)N/N=C/c1c(OCc2ccc([N+](=O)[O-])cc2)ccc2ccccc12. The second-order valence-corrected chi connectivity index (χ2v) is 10.8. The Bertz CT molecular complexity index is 1910. The molecule has 4 aromatic carbocycles. The van der Waals surface area contributed by atoms with Crippen molar-refractivity contribution in [3.8, 4) is 17.2 Å². The number of amides is 2. The van der Waals surface area contributed by atoms with E-state index in [0.29, 0.717) is 40.7 Å². The van der Waals surface area contributed by atoms with Crippen LogP contribution in [0.4, 0.5) is 10.5 Å². The molecule has 0 radical (unpaired) electrons. The number of hydrazone groups is 1. The zero-order valence-electron chi connectivity index (χ0n) is 27.0. The Morgan fingerprint density at radius 2 is 1.80 bits per heavy atom. The summed E-state index contributed by atoms with van der Waals surface area (Å²) in [6.07, 6.45) is 0.323. The van der Waals surface area contributed by atoms with Crippen LogP contribution < -0.4 is 30.3 Å². The van der Waals surface area contributed by atoms with Crippen molar-refractivity contribution in [3.63, 3.8) is 0 Å². The predicted molar refractivity (Wildman–Crippen MR) is 180 cm³/mol. The summed E-state index contributed by atoms with van der Waals surface area (Å²) in [6, 6.07) is 21.3. The highest BCUT2D eigenvalue weighted by molar-refractivity contribution is 6.02. The number of carbonyl (C=O) groups is 2. The summed E-state index contributed by atoms with van der Waals surface area (Å²) in [7, 11) is 1.27. The second-order valence-electron chi connectivity index (χ2n) is 10.8. The van der Waals surface area contributed by atoms with E-state index < -0.39 is 29.2 Å². The van der Waals surface area contributed by atoms with Gasteiger partial charge in [-0.05, 0) is 66.1 Å². The summed E-state index contributed by atoms with van der Waals surface area (Å²) in [5, 5.41) is 33.0. The van der Waals surface area contributed by atoms with Gasteiger partial charge in [-0.1, -0.05) is 36.4 Å². The van der Waals surface area contributed by atoms with Gasteiger partial charge in [0.2, 0.25) is 0 Å². The standard InChI is InChI=1S/C35H35N5O9/c1-4-47-30-17-24(33-32(34(42)46-3)21(2)37-35(43)38-33)12-16-29(30)49-20-31(41)39-36-18-27-26-8-6-5-7-23(26)11-15-28(27)48-19-22-9-13-25(14-10-22)40(44)45/h5-18,31,33,39,41H,4,19-20H2,1-3H3,(H2,37,38,43)/b36-18+/t31-,33+/m1/s1. The van der Waals surface area contributed by atoms with Gasteiger partial charge in [0.25, 0.3) is 5.69 Å². The van der Waals surface area contributed by atoms with E-state index in [-0.39, 0.29) is 24.5 Å². The first-order valence-corrected chi connectivity index (χ1v) is 15.3. The highest BCUT2D eigenvalue weighted by atomic mass is 16.6. The third-order valence-electron chi connectivity index (χ3n) is 7.56. The first-order chi connectivity index (χ1) is 23.7. The fraction of sp³-hybridized carbons (Fsp3) is 0.229. The van der Waals surface area contributed by atoms with E-state index in [2.05, 4.69) is 21.2 Å². The van der Waals surface area contributed by atoms with Crippen LogP contribution in [-0.2, 0) is 16.1 Å². The summed E-state index contributed by atoms with van der Waals surface area (Å²) in [6.45, 7) is 3.70. The molecule has 1 heterocycles. The van der Waals surface area contributed by atoms with Gasteiger partial charge in [-0.2, -0.15) is 5.10 Å². The number of aliphatic hydroxyl groups is 1. The van der Waals surface area contributed by atoms with Crippen LogP contribution in [0.2, 0.25) is 0 Å². The molecule has 0 fully saturated rings. The normalized spacial score (nSPS) is 14.9. The van der Waals surface area contributed by atoms with Crippen molar-refractivity contribution in [2.45, 2.75) is 32.7 Å². The lowest BCUT2D eigenvalue weighted by Gasteiger charge is -2.28. The molecule has 0 saturated carbocycles. The first-order valence-electron chi connectivity index (χ1n) is 15.3. The number of nitrogens with one attached hydrogen (secondary N) is 3. The monoisotopic (exact) mass is 669 g/mol. The fourth-order valence-corrected chi connectivity index (χ4v) is 5.22. The molecule has 0 aliphatic carbocycles. The molecular weight excluding hydrogens is 634 g/mol. The molecule has 2 amide bonds. The second kappa shape index (κ2) is 15.6. The van der Waals surface area contributed by atoms with Gasteiger partial charge in [-0.25, -0.2) is 9.59 Å². The number of hydrogen-bond donors (Lipinski definition) is 4. The van der Waals surface area contributed by atoms with E-state index >= 15 is 0 Å². The number of carbonyl (C=O) groups excluding carboxylic acids is 2. The molecule has 5 rings (SSSR count). The lowest BCUT2D eigenvalue weighted by molar-refractivity contribution is -0.384. The molecule has 0 spiro atoms. The smallest absolute Gasteiger partial charge is 0.337 e. The van der Waals surface area contributed by atoms with Crippen LogP contribution in [-0.4, -0.2) is 54.8 Å². The Hall–Kier alpha value is -6.15. The van der Waals surface area contributed by atoms with Crippen molar-refractivity contribution in [2.24, 2.45) is 5.10 Å². The number of non-ortho nitro benzene ring substituents is 1. The number of esters is 1. The van der Waals surface area contributed by atoms with Gasteiger partial charge in [0.05, 0.1) is 36.5 Å². The molecule has 49 heavy (non-hydrogen) atoms. The highest BCUT2D eigenvalue weighted by Crippen LogP contribution is 2.35. The number of fused-ring (bicyclic) bond motifs is 1. The molecule has 1 aliphatic heterocycles. The minimum absolute atomic E-state index is 0.00375. The number of ether oxygens (including phenoxy) is 4. The summed E-state index contributed by atoms with van der Waals surface area (Å²) in [5.41, 5.74) is 5.26. The van der Waals surface area contributed by atoms with Crippen molar-refractivity contribution in [3.05, 3.63) is 117 Å². The topological polar surface area (TPSA) is 183 Å². The Morgan fingerprint density at radius 3 is 2.53 bits per heavy atom. The number of urea groups is 1. The first kappa shape index (κ1) is 34.2. The average Bonchev–Trinajstić information content (AvgIpc) is 3.10. The number of benzene rings is 4. The minimum atomic E-state index is -1.22. The van der Waals surface area contributed by atoms with E-state index in [1.165, 1.54) is 19.2 Å². The number of nitro groups is 1. The lowest BCUT2D eigenvalue weighted by atomic mass is 9.95. The minimum Gasteiger partial charge on any atom is -0.490 e. The molecule has 14 nitrogen and oxygen atoms in total. The molecule has 0 unspecified atom stereocenters. The number of hydrogen-bond acceptors (Lipinski definition) is 11. The number of nitrogens with zero attached hydrogens (tertiary/aromatic N) is 2. The van der Waals surface area contributed by atoms with Gasteiger partial charge in [0, 0.05) is 23.4 Å². The Kier molecular flexibility index (Phi) is 10.9. The molecule has 0 saturated heterocycles. The Balaban J connectivity index is 1.27. The van der Waals surface area contributed by atoms with Crippen molar-refractivity contribution < 1.29 is 38.6 Å². The summed E-state index contributed by atoms with van der Waals surface area (Å²) < 4.78 is 22.6. The van der Waals surface area contributed by atoms with E-state index in [4.69, 9.17) is 18.9 Å². The number of aliphatic hydroxyl groups excluding tert-OH is 1. The van der Waals surface area contributed by atoms with E-state index in [0.717, 1.165) is 16.3 Å². The predicted octanol–water partition coefficient (Wildman–Crippen LogP) is 4.85. The number of nitro benzene ring substituents is 1. The maximum atomic E-state index is 12.5. The Labute approximate surface area is 281 Å². The molecule has 0 bridgehead atoms. The third kappa shape index (κ3) is 8.23. The van der Waals surface area contributed by atoms with Gasteiger partial charge in [-0.15, -0.1) is 0 Å². The Morgan fingerprint density at radius 1 is 1.04 bits per heavy atom. The quantitative estimate of drug-likeness (QED) is 0.0476. The van der Waals surface area contributed by atoms with Gasteiger partial charge in [0.1, 0.15) is 19.0 Å². The van der Waals surface area contributed by atoms with Crippen LogP contribution >= 0.6 is 0 Å². The average molecular weight is 670 g/mol.